The third-order valence-corrected chi connectivity index (χ3v) is 3.73. The first-order valence-electron chi connectivity index (χ1n) is 9.70. The van der Waals surface area contributed by atoms with Gasteiger partial charge in [0.15, 0.2) is 11.5 Å². The molecule has 1 aromatic carbocycles. The maximum absolute atomic E-state index is 12.3. The molecular formula is C22H32O8. The smallest absolute Gasteiger partial charge is 0.428 e. The number of rotatable bonds is 5. The molecule has 0 unspecified atom stereocenters. The predicted octanol–water partition coefficient (Wildman–Crippen LogP) is 5.66. The van der Waals surface area contributed by atoms with Crippen molar-refractivity contribution in [2.24, 2.45) is 5.41 Å². The molecule has 0 heterocycles. The van der Waals surface area contributed by atoms with E-state index < -0.39 is 34.9 Å². The van der Waals surface area contributed by atoms with Gasteiger partial charge in [-0.3, -0.25) is 4.79 Å². The number of hydrogen-bond acceptors (Lipinski definition) is 8. The first-order chi connectivity index (χ1) is 13.5. The fraction of sp³-hybridized carbons (Fsp3) is 0.591. The molecule has 0 aliphatic carbocycles. The van der Waals surface area contributed by atoms with Crippen molar-refractivity contribution in [1.29, 1.82) is 0 Å². The highest BCUT2D eigenvalue weighted by atomic mass is 16.8. The molecule has 0 saturated carbocycles. The first-order valence-corrected chi connectivity index (χ1v) is 9.70. The van der Waals surface area contributed by atoms with Crippen LogP contribution >= 0.6 is 0 Å². The van der Waals surface area contributed by atoms with E-state index >= 15 is 0 Å². The topological polar surface area (TPSA) is 97.4 Å². The Hall–Kier alpha value is -2.77. The molecule has 0 bridgehead atoms. The van der Waals surface area contributed by atoms with Crippen molar-refractivity contribution in [3.05, 3.63) is 18.2 Å². The predicted molar refractivity (Wildman–Crippen MR) is 110 cm³/mol. The Balaban J connectivity index is 3.16. The van der Waals surface area contributed by atoms with Crippen molar-refractivity contribution in [3.63, 3.8) is 0 Å². The van der Waals surface area contributed by atoms with Crippen LogP contribution in [0.25, 0.3) is 0 Å². The van der Waals surface area contributed by atoms with Gasteiger partial charge in [0, 0.05) is 6.07 Å². The molecule has 1 aromatic rings. The van der Waals surface area contributed by atoms with Crippen LogP contribution in [-0.2, 0) is 14.3 Å². The fourth-order valence-electron chi connectivity index (χ4n) is 1.83. The summed E-state index contributed by atoms with van der Waals surface area (Å²) in [5.41, 5.74) is -2.26. The van der Waals surface area contributed by atoms with Gasteiger partial charge in [-0.05, 0) is 73.9 Å². The van der Waals surface area contributed by atoms with Crippen molar-refractivity contribution < 1.29 is 38.1 Å². The van der Waals surface area contributed by atoms with Crippen LogP contribution in [0.15, 0.2) is 18.2 Å². The summed E-state index contributed by atoms with van der Waals surface area (Å²) in [5, 5.41) is 0. The van der Waals surface area contributed by atoms with Crippen LogP contribution in [0.1, 0.15) is 68.7 Å². The van der Waals surface area contributed by atoms with Gasteiger partial charge in [0.25, 0.3) is 0 Å². The molecule has 0 aromatic heterocycles. The summed E-state index contributed by atoms with van der Waals surface area (Å²) in [6.45, 7) is 15.5. The van der Waals surface area contributed by atoms with Gasteiger partial charge in [0.1, 0.15) is 17.0 Å². The molecule has 8 heteroatoms. The zero-order chi connectivity index (χ0) is 23.3. The second-order valence-corrected chi connectivity index (χ2v) is 9.37. The van der Waals surface area contributed by atoms with Crippen LogP contribution in [-0.4, -0.2) is 29.5 Å². The van der Waals surface area contributed by atoms with E-state index in [0.717, 1.165) is 0 Å². The lowest BCUT2D eigenvalue weighted by Crippen LogP contribution is -2.28. The van der Waals surface area contributed by atoms with E-state index in [1.807, 2.05) is 6.92 Å². The summed E-state index contributed by atoms with van der Waals surface area (Å²) in [5.74, 6) is -0.579. The summed E-state index contributed by atoms with van der Waals surface area (Å²) < 4.78 is 26.0. The average Bonchev–Trinajstić information content (AvgIpc) is 2.53. The summed E-state index contributed by atoms with van der Waals surface area (Å²) >= 11 is 0. The largest absolute Gasteiger partial charge is 0.514 e. The highest BCUT2D eigenvalue weighted by Gasteiger charge is 2.29. The first kappa shape index (κ1) is 25.3. The Bertz CT molecular complexity index is 781. The van der Waals surface area contributed by atoms with Crippen molar-refractivity contribution in [1.82, 2.24) is 0 Å². The van der Waals surface area contributed by atoms with Gasteiger partial charge in [-0.15, -0.1) is 0 Å². The van der Waals surface area contributed by atoms with E-state index in [9.17, 15) is 14.4 Å². The molecule has 0 amide bonds. The Morgan fingerprint density at radius 1 is 0.733 bits per heavy atom. The quantitative estimate of drug-likeness (QED) is 0.339. The van der Waals surface area contributed by atoms with E-state index in [1.54, 1.807) is 55.4 Å². The van der Waals surface area contributed by atoms with Crippen molar-refractivity contribution in [3.8, 4) is 17.2 Å². The Kier molecular flexibility index (Phi) is 7.89. The molecule has 30 heavy (non-hydrogen) atoms. The zero-order valence-electron chi connectivity index (χ0n) is 19.2. The van der Waals surface area contributed by atoms with Crippen LogP contribution in [0, 0.1) is 5.41 Å². The van der Waals surface area contributed by atoms with Crippen LogP contribution in [0.2, 0.25) is 0 Å². The number of benzene rings is 1. The van der Waals surface area contributed by atoms with Crippen LogP contribution in [0.5, 0.6) is 17.2 Å². The van der Waals surface area contributed by atoms with Crippen LogP contribution in [0.4, 0.5) is 9.59 Å². The second-order valence-electron chi connectivity index (χ2n) is 9.37. The molecule has 8 nitrogen and oxygen atoms in total. The van der Waals surface area contributed by atoms with E-state index in [1.165, 1.54) is 18.2 Å². The molecule has 0 aliphatic rings. The van der Waals surface area contributed by atoms with Crippen molar-refractivity contribution in [2.45, 2.75) is 79.9 Å². The van der Waals surface area contributed by atoms with Gasteiger partial charge < -0.3 is 23.7 Å². The summed E-state index contributed by atoms with van der Waals surface area (Å²) in [6.07, 6.45) is -1.41. The molecule has 0 saturated heterocycles. The lowest BCUT2D eigenvalue weighted by atomic mass is 9.91. The molecule has 0 fully saturated rings. The highest BCUT2D eigenvalue weighted by molar-refractivity contribution is 5.78. The average molecular weight is 424 g/mol. The SMILES string of the molecule is CCC(C)(C)C(=O)Oc1ccc(OC(=O)OC(C)(C)C)c(OC(=O)OC(C)(C)C)c1. The molecule has 0 radical (unpaired) electrons. The second kappa shape index (κ2) is 9.36. The number of carbonyl (C=O) groups is 3. The summed E-state index contributed by atoms with van der Waals surface area (Å²) in [7, 11) is 0. The maximum Gasteiger partial charge on any atom is 0.514 e. The van der Waals surface area contributed by atoms with Gasteiger partial charge >= 0.3 is 18.3 Å². The Labute approximate surface area is 177 Å². The Morgan fingerprint density at radius 2 is 1.20 bits per heavy atom. The number of esters is 1. The standard InChI is InChI=1S/C22H32O8/c1-10-22(8,9)17(23)26-14-11-12-15(27-18(24)29-20(2,3)4)16(13-14)28-19(25)30-21(5,6)7/h11-13H,10H2,1-9H3. The third kappa shape index (κ3) is 8.71. The Morgan fingerprint density at radius 3 is 1.63 bits per heavy atom. The summed E-state index contributed by atoms with van der Waals surface area (Å²) in [6, 6.07) is 4.03. The minimum atomic E-state index is -1.01. The van der Waals surface area contributed by atoms with E-state index in [-0.39, 0.29) is 17.2 Å². The van der Waals surface area contributed by atoms with Gasteiger partial charge in [-0.2, -0.15) is 0 Å². The van der Waals surface area contributed by atoms with Crippen LogP contribution in [0.3, 0.4) is 0 Å². The van der Waals surface area contributed by atoms with E-state index in [0.29, 0.717) is 6.42 Å². The number of carbonyl (C=O) groups excluding carboxylic acids is 3. The molecule has 0 aliphatic heterocycles. The molecular weight excluding hydrogens is 392 g/mol. The monoisotopic (exact) mass is 424 g/mol. The van der Waals surface area contributed by atoms with E-state index in [4.69, 9.17) is 23.7 Å². The lowest BCUT2D eigenvalue weighted by Gasteiger charge is -2.22. The van der Waals surface area contributed by atoms with Crippen molar-refractivity contribution >= 4 is 18.3 Å². The minimum Gasteiger partial charge on any atom is -0.428 e. The van der Waals surface area contributed by atoms with Crippen LogP contribution < -0.4 is 14.2 Å². The summed E-state index contributed by atoms with van der Waals surface area (Å²) in [4.78, 5) is 36.5. The fourth-order valence-corrected chi connectivity index (χ4v) is 1.83. The third-order valence-electron chi connectivity index (χ3n) is 3.73. The van der Waals surface area contributed by atoms with Gasteiger partial charge in [0.05, 0.1) is 5.41 Å². The lowest BCUT2D eigenvalue weighted by molar-refractivity contribution is -0.144. The van der Waals surface area contributed by atoms with Gasteiger partial charge in [0.2, 0.25) is 0 Å². The molecule has 1 rings (SSSR count). The maximum atomic E-state index is 12.3. The van der Waals surface area contributed by atoms with Gasteiger partial charge in [-0.1, -0.05) is 6.92 Å². The van der Waals surface area contributed by atoms with Gasteiger partial charge in [-0.25, -0.2) is 9.59 Å². The highest BCUT2D eigenvalue weighted by Crippen LogP contribution is 2.34. The molecule has 0 atom stereocenters. The normalized spacial score (nSPS) is 12.0. The van der Waals surface area contributed by atoms with E-state index in [2.05, 4.69) is 0 Å². The minimum absolute atomic E-state index is 0.0929. The van der Waals surface area contributed by atoms with Crippen molar-refractivity contribution in [2.75, 3.05) is 0 Å². The molecule has 0 N–H and O–H groups in total. The molecule has 168 valence electrons. The molecule has 0 spiro atoms. The number of ether oxygens (including phenoxy) is 5. The zero-order valence-corrected chi connectivity index (χ0v) is 19.2. The number of hydrogen-bond donors (Lipinski definition) is 0.